The van der Waals surface area contributed by atoms with E-state index in [-0.39, 0.29) is 79.4 Å². The first kappa shape index (κ1) is 47.2. The topological polar surface area (TPSA) is 345 Å². The van der Waals surface area contributed by atoms with Gasteiger partial charge in [0.15, 0.2) is 33.8 Å². The molecular formula is C35H53N20O9P3. The summed E-state index contributed by atoms with van der Waals surface area (Å²) in [6.45, 7) is 2.74. The molecule has 29 nitrogen and oxygen atoms in total. The Morgan fingerprint density at radius 2 is 1.10 bits per heavy atom. The number of fused-ring (bicyclic) bond motifs is 3. The van der Waals surface area contributed by atoms with Crippen LogP contribution in [0.15, 0.2) is 34.9 Å². The minimum Gasteiger partial charge on any atom is -0.382 e. The zero-order valence-electron chi connectivity index (χ0n) is 37.2. The summed E-state index contributed by atoms with van der Waals surface area (Å²) in [4.78, 5) is 60.1. The van der Waals surface area contributed by atoms with E-state index in [1.807, 2.05) is 11.6 Å². The fourth-order valence-corrected chi connectivity index (χ4v) is 12.8. The van der Waals surface area contributed by atoms with Crippen LogP contribution >= 0.6 is 24.7 Å². The van der Waals surface area contributed by atoms with Gasteiger partial charge in [0, 0.05) is 26.2 Å². The molecule has 6 aromatic rings. The third-order valence-electron chi connectivity index (χ3n) is 11.7. The Bertz CT molecular complexity index is 3000. The van der Waals surface area contributed by atoms with E-state index in [2.05, 4.69) is 54.2 Å². The minimum absolute atomic E-state index is 0.0156. The smallest absolute Gasteiger partial charge is 0.345 e. The first-order valence-electron chi connectivity index (χ1n) is 21.1. The summed E-state index contributed by atoms with van der Waals surface area (Å²) in [6.07, 6.45) is 2.14. The van der Waals surface area contributed by atoms with Gasteiger partial charge in [-0.15, -0.1) is 0 Å². The van der Waals surface area contributed by atoms with Crippen LogP contribution in [0.5, 0.6) is 0 Å². The molecule has 9 heterocycles. The van der Waals surface area contributed by atoms with Crippen molar-refractivity contribution in [2.24, 2.45) is 0 Å². The lowest BCUT2D eigenvalue weighted by atomic mass is 10.2. The zero-order chi connectivity index (χ0) is 47.5. The number of aromatic nitrogens is 12. The largest absolute Gasteiger partial charge is 0.382 e. The SMILES string of the molecule is CCC1CN(P(=O)(OCC2CN(P(=O)(OCC3CN(P)CC(n4cnc5c(=O)[nH]c(N)nc54)O3)N(C)C)CC(n3cnc4c(N)ncnc43)O2)N(C)C)CC(n2cnc3c(=O)[nH]c(N)nc32)O1. The van der Waals surface area contributed by atoms with Crippen molar-refractivity contribution < 1.29 is 32.4 Å². The number of imidazole rings is 3. The fourth-order valence-electron chi connectivity index (χ4n) is 8.37. The Morgan fingerprint density at radius 3 is 1.61 bits per heavy atom. The van der Waals surface area contributed by atoms with Crippen molar-refractivity contribution in [1.82, 2.24) is 81.9 Å². The summed E-state index contributed by atoms with van der Waals surface area (Å²) in [5, 5.41) is 0. The average molecular weight is 991 g/mol. The maximum atomic E-state index is 15.4. The second kappa shape index (κ2) is 18.6. The van der Waals surface area contributed by atoms with E-state index >= 15 is 9.13 Å². The molecule has 0 bridgehead atoms. The maximum absolute atomic E-state index is 15.4. The minimum atomic E-state index is -3.93. The van der Waals surface area contributed by atoms with Gasteiger partial charge in [-0.05, 0) is 34.6 Å². The summed E-state index contributed by atoms with van der Waals surface area (Å²) in [5.74, 6) is 0.0123. The Balaban J connectivity index is 0.978. The summed E-state index contributed by atoms with van der Waals surface area (Å²) in [7, 11) is 1.46. The first-order valence-corrected chi connectivity index (χ1v) is 24.7. The van der Waals surface area contributed by atoms with Gasteiger partial charge in [-0.3, -0.25) is 47.1 Å². The molecule has 8 N–H and O–H groups in total. The normalized spacial score (nSPS) is 25.7. The summed E-state index contributed by atoms with van der Waals surface area (Å²) < 4.78 is 76.5. The number of rotatable bonds is 14. The van der Waals surface area contributed by atoms with Gasteiger partial charge in [0.2, 0.25) is 11.9 Å². The molecule has 9 unspecified atom stereocenters. The molecule has 3 aliphatic heterocycles. The Kier molecular flexibility index (Phi) is 13.1. The molecule has 9 atom stereocenters. The van der Waals surface area contributed by atoms with Crippen LogP contribution in [0.1, 0.15) is 32.0 Å². The first-order chi connectivity index (χ1) is 31.9. The summed E-state index contributed by atoms with van der Waals surface area (Å²) in [5.41, 5.74) is 18.3. The predicted molar refractivity (Wildman–Crippen MR) is 246 cm³/mol. The number of nitrogen functional groups attached to an aromatic ring is 3. The molecule has 9 rings (SSSR count). The highest BCUT2D eigenvalue weighted by atomic mass is 31.2. The van der Waals surface area contributed by atoms with E-state index in [1.165, 1.54) is 34.7 Å². The number of ether oxygens (including phenoxy) is 3. The quantitative estimate of drug-likeness (QED) is 0.0897. The number of anilines is 3. The van der Waals surface area contributed by atoms with Gasteiger partial charge in [-0.25, -0.2) is 43.6 Å². The van der Waals surface area contributed by atoms with Gasteiger partial charge in [-0.1, -0.05) is 16.3 Å². The Labute approximate surface area is 383 Å². The van der Waals surface area contributed by atoms with E-state index in [0.29, 0.717) is 30.7 Å². The number of nitrogens with two attached hydrogens (primary N) is 3. The van der Waals surface area contributed by atoms with Crippen LogP contribution in [0.3, 0.4) is 0 Å². The number of hydrogen-bond donors (Lipinski definition) is 5. The van der Waals surface area contributed by atoms with E-state index in [9.17, 15) is 9.59 Å². The van der Waals surface area contributed by atoms with E-state index in [0.717, 1.165) is 0 Å². The number of nitrogens with one attached hydrogen (secondary N) is 2. The predicted octanol–water partition coefficient (Wildman–Crippen LogP) is 0.0102. The van der Waals surface area contributed by atoms with Crippen LogP contribution in [0.25, 0.3) is 33.5 Å². The monoisotopic (exact) mass is 990 g/mol. The van der Waals surface area contributed by atoms with Crippen LogP contribution in [-0.4, -0.2) is 181 Å². The molecule has 0 spiro atoms. The molecule has 32 heteroatoms. The number of hydrogen-bond acceptors (Lipinski definition) is 20. The van der Waals surface area contributed by atoms with Crippen LogP contribution < -0.4 is 28.3 Å². The van der Waals surface area contributed by atoms with Crippen molar-refractivity contribution in [3.05, 3.63) is 46.0 Å². The molecule has 67 heavy (non-hydrogen) atoms. The highest BCUT2D eigenvalue weighted by Crippen LogP contribution is 2.57. The van der Waals surface area contributed by atoms with Crippen molar-refractivity contribution in [3.63, 3.8) is 0 Å². The third kappa shape index (κ3) is 9.00. The number of morpholine rings is 3. The van der Waals surface area contributed by atoms with Crippen LogP contribution in [0.2, 0.25) is 0 Å². The number of H-pyrrole nitrogens is 2. The van der Waals surface area contributed by atoms with E-state index < -0.39 is 63.5 Å². The highest BCUT2D eigenvalue weighted by molar-refractivity contribution is 7.54. The second-order valence-corrected chi connectivity index (χ2v) is 22.6. The third-order valence-corrected chi connectivity index (χ3v) is 17.2. The van der Waals surface area contributed by atoms with Gasteiger partial charge in [-0.2, -0.15) is 9.97 Å². The van der Waals surface area contributed by atoms with Crippen LogP contribution in [-0.2, 0) is 32.4 Å². The molecule has 0 saturated carbocycles. The van der Waals surface area contributed by atoms with Crippen molar-refractivity contribution in [2.75, 3.05) is 97.9 Å². The van der Waals surface area contributed by atoms with Crippen molar-refractivity contribution in [1.29, 1.82) is 0 Å². The maximum Gasteiger partial charge on any atom is 0.345 e. The van der Waals surface area contributed by atoms with E-state index in [4.69, 9.17) is 40.5 Å². The van der Waals surface area contributed by atoms with Gasteiger partial charge in [0.25, 0.3) is 11.1 Å². The van der Waals surface area contributed by atoms with Crippen molar-refractivity contribution in [2.45, 2.75) is 50.3 Å². The molecular weight excluding hydrogens is 937 g/mol. The van der Waals surface area contributed by atoms with Gasteiger partial charge < -0.3 is 40.5 Å². The zero-order valence-corrected chi connectivity index (χ0v) is 40.2. The van der Waals surface area contributed by atoms with Gasteiger partial charge in [0.1, 0.15) is 30.5 Å². The lowest BCUT2D eigenvalue weighted by Gasteiger charge is -2.45. The lowest BCUT2D eigenvalue weighted by molar-refractivity contribution is -0.125. The summed E-state index contributed by atoms with van der Waals surface area (Å²) in [6, 6.07) is 0. The molecule has 362 valence electrons. The molecule has 0 aliphatic carbocycles. The number of aromatic amines is 2. The van der Waals surface area contributed by atoms with Crippen LogP contribution in [0, 0.1) is 0 Å². The second-order valence-electron chi connectivity index (χ2n) is 16.6. The molecule has 3 fully saturated rings. The summed E-state index contributed by atoms with van der Waals surface area (Å²) >= 11 is 0. The van der Waals surface area contributed by atoms with Crippen molar-refractivity contribution in [3.8, 4) is 0 Å². The van der Waals surface area contributed by atoms with Gasteiger partial charge in [0.05, 0.1) is 63.6 Å². The highest BCUT2D eigenvalue weighted by Gasteiger charge is 2.46. The molecule has 3 aliphatic rings. The molecule has 0 amide bonds. The molecule has 0 radical (unpaired) electrons. The van der Waals surface area contributed by atoms with Crippen LogP contribution in [0.4, 0.5) is 17.7 Å². The van der Waals surface area contributed by atoms with Gasteiger partial charge >= 0.3 is 15.3 Å². The average Bonchev–Trinajstić information content (AvgIpc) is 4.05. The number of nitrogens with zero attached hydrogens (tertiary/aromatic N) is 15. The molecule has 3 saturated heterocycles. The Morgan fingerprint density at radius 1 is 0.657 bits per heavy atom. The fraction of sp³-hybridized carbons (Fsp3) is 0.571. The molecule has 0 aromatic carbocycles. The van der Waals surface area contributed by atoms with Crippen molar-refractivity contribution >= 4 is 75.9 Å². The lowest BCUT2D eigenvalue weighted by Crippen LogP contribution is -2.49. The Hall–Kier alpha value is -4.86. The van der Waals surface area contributed by atoms with E-state index in [1.54, 1.807) is 51.2 Å². The molecule has 6 aromatic heterocycles. The standard InChI is InChI=1S/C35H53N20O9P3/c1-6-19-8-51(12-24(62-19)55-18-43-27-31(55)45-35(38)47-33(27)57)66(58,48(2)3)61-14-21-9-52(11-23(64-21)53-16-41-25-28(36)39-15-40-29(25)53)67(59,49(4)5)60-13-20-7-50(65)10-22(63-20)54-17-42-26-30(54)44-34(37)46-32(26)56/h15-24H,6-14,65H2,1-5H3,(H2,36,39,40)(H3,37,44,46,56)(H3,38,45,47,57).